The first-order valence-corrected chi connectivity index (χ1v) is 6.40. The molecular weight excluding hydrogens is 232 g/mol. The fraction of sp³-hybridized carbons (Fsp3) is 0.667. The molecule has 0 bridgehead atoms. The van der Waals surface area contributed by atoms with Crippen molar-refractivity contribution in [3.05, 3.63) is 12.4 Å². The standard InChI is InChI=1S/C12H20N4O2/c13-10-8-15-16(9-10)6-5-14-12(17)4-3-11-2-1-7-18-11/h8-9,11H,1-7,13H2,(H,14,17). The van der Waals surface area contributed by atoms with Gasteiger partial charge < -0.3 is 15.8 Å². The van der Waals surface area contributed by atoms with Gasteiger partial charge in [-0.05, 0) is 19.3 Å². The molecule has 1 saturated heterocycles. The number of carbonyl (C=O) groups excluding carboxylic acids is 1. The molecule has 1 fully saturated rings. The number of ether oxygens (including phenoxy) is 1. The molecule has 100 valence electrons. The highest BCUT2D eigenvalue weighted by atomic mass is 16.5. The number of nitrogens with zero attached hydrogens (tertiary/aromatic N) is 2. The Kier molecular flexibility index (Phi) is 4.58. The van der Waals surface area contributed by atoms with Crippen molar-refractivity contribution in [3.8, 4) is 0 Å². The van der Waals surface area contributed by atoms with E-state index in [1.807, 2.05) is 0 Å². The highest BCUT2D eigenvalue weighted by Gasteiger charge is 2.16. The Balaban J connectivity index is 1.57. The smallest absolute Gasteiger partial charge is 0.220 e. The first-order chi connectivity index (χ1) is 8.74. The molecule has 1 amide bonds. The van der Waals surface area contributed by atoms with Crippen LogP contribution in [0.4, 0.5) is 5.69 Å². The number of nitrogens with one attached hydrogen (secondary N) is 1. The number of amides is 1. The van der Waals surface area contributed by atoms with Crippen LogP contribution in [-0.2, 0) is 16.1 Å². The summed E-state index contributed by atoms with van der Waals surface area (Å²) in [6.45, 7) is 2.06. The van der Waals surface area contributed by atoms with Gasteiger partial charge in [-0.25, -0.2) is 0 Å². The van der Waals surface area contributed by atoms with Crippen LogP contribution in [0.1, 0.15) is 25.7 Å². The molecule has 1 aromatic heterocycles. The molecule has 2 rings (SSSR count). The van der Waals surface area contributed by atoms with Crippen molar-refractivity contribution in [2.24, 2.45) is 0 Å². The van der Waals surface area contributed by atoms with Gasteiger partial charge in [-0.2, -0.15) is 5.10 Å². The van der Waals surface area contributed by atoms with Crippen LogP contribution in [0.5, 0.6) is 0 Å². The number of hydrogen-bond acceptors (Lipinski definition) is 4. The minimum Gasteiger partial charge on any atom is -0.396 e. The van der Waals surface area contributed by atoms with Crippen LogP contribution < -0.4 is 11.1 Å². The molecular formula is C12H20N4O2. The van der Waals surface area contributed by atoms with E-state index >= 15 is 0 Å². The average molecular weight is 252 g/mol. The third-order valence-corrected chi connectivity index (χ3v) is 3.03. The zero-order valence-electron chi connectivity index (χ0n) is 10.5. The molecule has 1 unspecified atom stereocenters. The maximum absolute atomic E-state index is 11.6. The average Bonchev–Trinajstić information content (AvgIpc) is 2.98. The highest BCUT2D eigenvalue weighted by Crippen LogP contribution is 2.16. The molecule has 6 nitrogen and oxygen atoms in total. The van der Waals surface area contributed by atoms with E-state index in [9.17, 15) is 4.79 Å². The maximum atomic E-state index is 11.6. The van der Waals surface area contributed by atoms with Gasteiger partial charge >= 0.3 is 0 Å². The Morgan fingerprint density at radius 3 is 3.22 bits per heavy atom. The summed E-state index contributed by atoms with van der Waals surface area (Å²) in [7, 11) is 0. The number of aromatic nitrogens is 2. The SMILES string of the molecule is Nc1cnn(CCNC(=O)CCC2CCCO2)c1. The molecule has 1 aliphatic heterocycles. The lowest BCUT2D eigenvalue weighted by atomic mass is 10.1. The van der Waals surface area contributed by atoms with Crippen LogP contribution in [0, 0.1) is 0 Å². The maximum Gasteiger partial charge on any atom is 0.220 e. The molecule has 0 aliphatic carbocycles. The molecule has 0 radical (unpaired) electrons. The van der Waals surface area contributed by atoms with Gasteiger partial charge in [-0.1, -0.05) is 0 Å². The second kappa shape index (κ2) is 6.39. The molecule has 1 aromatic rings. The summed E-state index contributed by atoms with van der Waals surface area (Å²) in [5.74, 6) is 0.0747. The van der Waals surface area contributed by atoms with Gasteiger partial charge in [0.25, 0.3) is 0 Å². The van der Waals surface area contributed by atoms with Crippen molar-refractivity contribution in [3.63, 3.8) is 0 Å². The normalized spacial score (nSPS) is 19.0. The van der Waals surface area contributed by atoms with Crippen LogP contribution in [0.25, 0.3) is 0 Å². The van der Waals surface area contributed by atoms with Gasteiger partial charge in [0.15, 0.2) is 0 Å². The van der Waals surface area contributed by atoms with Gasteiger partial charge in [0.05, 0.1) is 24.5 Å². The molecule has 6 heteroatoms. The van der Waals surface area contributed by atoms with Crippen LogP contribution in [0.2, 0.25) is 0 Å². The summed E-state index contributed by atoms with van der Waals surface area (Å²) >= 11 is 0. The van der Waals surface area contributed by atoms with Crippen LogP contribution >= 0.6 is 0 Å². The quantitative estimate of drug-likeness (QED) is 0.774. The van der Waals surface area contributed by atoms with E-state index in [2.05, 4.69) is 10.4 Å². The summed E-state index contributed by atoms with van der Waals surface area (Å²) in [6.07, 6.45) is 7.18. The van der Waals surface area contributed by atoms with Crippen LogP contribution in [0.3, 0.4) is 0 Å². The summed E-state index contributed by atoms with van der Waals surface area (Å²) in [4.78, 5) is 11.6. The third kappa shape index (κ3) is 4.03. The van der Waals surface area contributed by atoms with Gasteiger partial charge in [0.1, 0.15) is 0 Å². The van der Waals surface area contributed by atoms with Crippen LogP contribution in [0.15, 0.2) is 12.4 Å². The Labute approximate surface area is 106 Å². The lowest BCUT2D eigenvalue weighted by molar-refractivity contribution is -0.121. The van der Waals surface area contributed by atoms with E-state index < -0.39 is 0 Å². The lowest BCUT2D eigenvalue weighted by Gasteiger charge is -2.09. The topological polar surface area (TPSA) is 82.2 Å². The number of carbonyl (C=O) groups is 1. The second-order valence-corrected chi connectivity index (χ2v) is 4.56. The monoisotopic (exact) mass is 252 g/mol. The van der Waals surface area contributed by atoms with E-state index in [1.165, 1.54) is 0 Å². The Morgan fingerprint density at radius 1 is 1.67 bits per heavy atom. The molecule has 0 aromatic carbocycles. The molecule has 0 saturated carbocycles. The Bertz CT molecular complexity index is 385. The third-order valence-electron chi connectivity index (χ3n) is 3.03. The summed E-state index contributed by atoms with van der Waals surface area (Å²) in [5, 5.41) is 6.91. The van der Waals surface area contributed by atoms with Gasteiger partial charge in [0, 0.05) is 25.8 Å². The number of nitrogen functional groups attached to an aromatic ring is 1. The predicted octanol–water partition coefficient (Wildman–Crippen LogP) is 0.541. The Hall–Kier alpha value is -1.56. The lowest BCUT2D eigenvalue weighted by Crippen LogP contribution is -2.28. The molecule has 3 N–H and O–H groups in total. The highest BCUT2D eigenvalue weighted by molar-refractivity contribution is 5.75. The number of rotatable bonds is 6. The number of anilines is 1. The van der Waals surface area contributed by atoms with E-state index in [-0.39, 0.29) is 12.0 Å². The zero-order chi connectivity index (χ0) is 12.8. The number of hydrogen-bond donors (Lipinski definition) is 2. The van der Waals surface area contributed by atoms with Crippen molar-refractivity contribution in [2.75, 3.05) is 18.9 Å². The fourth-order valence-corrected chi connectivity index (χ4v) is 2.06. The fourth-order valence-electron chi connectivity index (χ4n) is 2.06. The molecule has 2 heterocycles. The molecule has 18 heavy (non-hydrogen) atoms. The van der Waals surface area contributed by atoms with Crippen molar-refractivity contribution in [1.82, 2.24) is 15.1 Å². The molecule has 1 aliphatic rings. The largest absolute Gasteiger partial charge is 0.396 e. The molecule has 0 spiro atoms. The Morgan fingerprint density at radius 2 is 2.56 bits per heavy atom. The van der Waals surface area contributed by atoms with E-state index in [0.717, 1.165) is 25.9 Å². The van der Waals surface area contributed by atoms with E-state index in [1.54, 1.807) is 17.1 Å². The summed E-state index contributed by atoms with van der Waals surface area (Å²) < 4.78 is 7.19. The van der Waals surface area contributed by atoms with Gasteiger partial charge in [-0.15, -0.1) is 0 Å². The minimum absolute atomic E-state index is 0.0747. The van der Waals surface area contributed by atoms with E-state index in [0.29, 0.717) is 25.2 Å². The zero-order valence-corrected chi connectivity index (χ0v) is 10.5. The van der Waals surface area contributed by atoms with Gasteiger partial charge in [-0.3, -0.25) is 9.48 Å². The van der Waals surface area contributed by atoms with Gasteiger partial charge in [0.2, 0.25) is 5.91 Å². The van der Waals surface area contributed by atoms with Crippen molar-refractivity contribution < 1.29 is 9.53 Å². The minimum atomic E-state index is 0.0747. The number of nitrogens with two attached hydrogens (primary N) is 1. The summed E-state index contributed by atoms with van der Waals surface area (Å²) in [6, 6.07) is 0. The van der Waals surface area contributed by atoms with Crippen molar-refractivity contribution in [2.45, 2.75) is 38.3 Å². The first-order valence-electron chi connectivity index (χ1n) is 6.40. The first kappa shape index (κ1) is 12.9. The summed E-state index contributed by atoms with van der Waals surface area (Å²) in [5.41, 5.74) is 6.18. The molecule has 1 atom stereocenters. The predicted molar refractivity (Wildman–Crippen MR) is 67.9 cm³/mol. The van der Waals surface area contributed by atoms with Crippen molar-refractivity contribution in [1.29, 1.82) is 0 Å². The second-order valence-electron chi connectivity index (χ2n) is 4.56. The van der Waals surface area contributed by atoms with Crippen molar-refractivity contribution >= 4 is 11.6 Å². The van der Waals surface area contributed by atoms with E-state index in [4.69, 9.17) is 10.5 Å². The van der Waals surface area contributed by atoms with Crippen LogP contribution in [-0.4, -0.2) is 34.9 Å².